The van der Waals surface area contributed by atoms with Gasteiger partial charge in [0.15, 0.2) is 36.4 Å². The normalized spacial score (nSPS) is 11.2. The summed E-state index contributed by atoms with van der Waals surface area (Å²) in [5.74, 6) is 0.536. The number of aromatic nitrogens is 2. The Hall–Kier alpha value is -2.36. The molecular formula is C36H58N2O2+2. The van der Waals surface area contributed by atoms with Gasteiger partial charge >= 0.3 is 0 Å². The molecule has 0 amide bonds. The average Bonchev–Trinajstić information content (AvgIpc) is 2.98. The number of rotatable bonds is 25. The fraction of sp³-hybridized carbons (Fsp3) is 0.667. The van der Waals surface area contributed by atoms with Gasteiger partial charge < -0.3 is 0 Å². The number of aryl methyl sites for hydroxylation is 2. The first-order chi connectivity index (χ1) is 19.6. The highest BCUT2D eigenvalue weighted by Gasteiger charge is 2.13. The Kier molecular flexibility index (Phi) is 18.9. The Labute approximate surface area is 245 Å². The number of pyridine rings is 2. The summed E-state index contributed by atoms with van der Waals surface area (Å²) in [6, 6.07) is 7.90. The predicted octanol–water partition coefficient (Wildman–Crippen LogP) is 9.17. The molecule has 0 unspecified atom stereocenters. The SMILES string of the molecule is CCCCCCCCCCC(=O)c1ccc[n+](CCCC[n+]2cccc(C(=O)CCCCCCCCCC)c2)c1. The Bertz CT molecular complexity index is 878. The summed E-state index contributed by atoms with van der Waals surface area (Å²) >= 11 is 0. The fourth-order valence-electron chi connectivity index (χ4n) is 5.37. The number of hydrogen-bond acceptors (Lipinski definition) is 2. The first kappa shape index (κ1) is 33.8. The van der Waals surface area contributed by atoms with E-state index in [1.54, 1.807) is 0 Å². The van der Waals surface area contributed by atoms with Crippen LogP contribution >= 0.6 is 0 Å². The average molecular weight is 551 g/mol. The van der Waals surface area contributed by atoms with Crippen LogP contribution in [-0.2, 0) is 13.1 Å². The van der Waals surface area contributed by atoms with Gasteiger partial charge in [-0.25, -0.2) is 9.13 Å². The second kappa shape index (κ2) is 22.3. The lowest BCUT2D eigenvalue weighted by Crippen LogP contribution is -2.36. The van der Waals surface area contributed by atoms with Crippen molar-refractivity contribution in [3.05, 3.63) is 60.2 Å². The van der Waals surface area contributed by atoms with E-state index in [0.29, 0.717) is 12.8 Å². The number of carbonyl (C=O) groups excluding carboxylic acids is 2. The van der Waals surface area contributed by atoms with Gasteiger partial charge in [-0.05, 0) is 25.0 Å². The van der Waals surface area contributed by atoms with Gasteiger partial charge in [-0.15, -0.1) is 0 Å². The molecule has 0 saturated heterocycles. The van der Waals surface area contributed by atoms with Crippen LogP contribution in [0.15, 0.2) is 49.1 Å². The minimum absolute atomic E-state index is 0.268. The van der Waals surface area contributed by atoms with Crippen LogP contribution in [0.4, 0.5) is 0 Å². The summed E-state index contributed by atoms with van der Waals surface area (Å²) in [6.07, 6.45) is 31.6. The second-order valence-corrected chi connectivity index (χ2v) is 11.7. The maximum absolute atomic E-state index is 12.7. The molecule has 222 valence electrons. The molecule has 0 N–H and O–H groups in total. The molecule has 0 atom stereocenters. The lowest BCUT2D eigenvalue weighted by Gasteiger charge is -2.03. The van der Waals surface area contributed by atoms with Crippen molar-refractivity contribution in [2.45, 2.75) is 155 Å². The molecule has 40 heavy (non-hydrogen) atoms. The lowest BCUT2D eigenvalue weighted by atomic mass is 10.0. The van der Waals surface area contributed by atoms with Crippen molar-refractivity contribution in [1.29, 1.82) is 0 Å². The molecule has 2 aromatic heterocycles. The molecule has 4 nitrogen and oxygen atoms in total. The molecule has 2 aromatic rings. The van der Waals surface area contributed by atoms with Gasteiger partial charge in [0.1, 0.15) is 13.1 Å². The molecule has 0 spiro atoms. The third kappa shape index (κ3) is 15.4. The maximum Gasteiger partial charge on any atom is 0.179 e. The molecule has 0 aliphatic rings. The number of hydrogen-bond donors (Lipinski definition) is 0. The Morgan fingerprint density at radius 1 is 0.500 bits per heavy atom. The monoisotopic (exact) mass is 550 g/mol. The third-order valence-corrected chi connectivity index (χ3v) is 7.96. The van der Waals surface area contributed by atoms with Crippen LogP contribution in [-0.4, -0.2) is 11.6 Å². The molecule has 4 heteroatoms. The lowest BCUT2D eigenvalue weighted by molar-refractivity contribution is -0.708. The quantitative estimate of drug-likeness (QED) is 0.0702. The number of unbranched alkanes of at least 4 members (excludes halogenated alkanes) is 15. The summed E-state index contributed by atoms with van der Waals surface area (Å²) < 4.78 is 4.30. The van der Waals surface area contributed by atoms with Crippen LogP contribution in [0.1, 0.15) is 163 Å². The van der Waals surface area contributed by atoms with E-state index < -0.39 is 0 Å². The molecule has 0 aliphatic heterocycles. The van der Waals surface area contributed by atoms with Crippen molar-refractivity contribution in [3.8, 4) is 0 Å². The first-order valence-corrected chi connectivity index (χ1v) is 16.7. The standard InChI is InChI=1S/C36H58N2O2/c1-3-5-7-9-11-13-15-17-25-35(39)33-23-21-29-37(31-33)27-19-20-28-38-30-22-24-34(32-38)36(40)26-18-16-14-12-10-8-6-4-2/h21-24,29-32H,3-20,25-28H2,1-2H3/q+2. The molecule has 2 rings (SSSR count). The van der Waals surface area contributed by atoms with Crippen LogP contribution in [0.3, 0.4) is 0 Å². The van der Waals surface area contributed by atoms with E-state index in [9.17, 15) is 9.59 Å². The predicted molar refractivity (Wildman–Crippen MR) is 166 cm³/mol. The van der Waals surface area contributed by atoms with E-state index in [1.165, 1.54) is 77.0 Å². The van der Waals surface area contributed by atoms with Crippen LogP contribution in [0.2, 0.25) is 0 Å². The van der Waals surface area contributed by atoms with Gasteiger partial charge in [0.05, 0.1) is 11.1 Å². The Morgan fingerprint density at radius 2 is 0.850 bits per heavy atom. The van der Waals surface area contributed by atoms with E-state index in [4.69, 9.17) is 0 Å². The molecule has 0 aliphatic carbocycles. The number of nitrogens with zero attached hydrogens (tertiary/aromatic N) is 2. The van der Waals surface area contributed by atoms with E-state index >= 15 is 0 Å². The van der Waals surface area contributed by atoms with Crippen molar-refractivity contribution < 1.29 is 18.7 Å². The second-order valence-electron chi connectivity index (χ2n) is 11.7. The van der Waals surface area contributed by atoms with Gasteiger partial charge in [0, 0.05) is 37.8 Å². The Balaban J connectivity index is 1.63. The van der Waals surface area contributed by atoms with E-state index in [0.717, 1.165) is 62.7 Å². The fourth-order valence-corrected chi connectivity index (χ4v) is 5.37. The smallest absolute Gasteiger partial charge is 0.179 e. The highest BCUT2D eigenvalue weighted by atomic mass is 16.1. The van der Waals surface area contributed by atoms with Gasteiger partial charge in [0.25, 0.3) is 0 Å². The van der Waals surface area contributed by atoms with Crippen LogP contribution in [0.25, 0.3) is 0 Å². The summed E-state index contributed by atoms with van der Waals surface area (Å²) in [7, 11) is 0. The van der Waals surface area contributed by atoms with Crippen molar-refractivity contribution >= 4 is 11.6 Å². The molecule has 0 aromatic carbocycles. The maximum atomic E-state index is 12.7. The zero-order chi connectivity index (χ0) is 28.7. The molecular weight excluding hydrogens is 492 g/mol. The summed E-state index contributed by atoms with van der Waals surface area (Å²) in [6.45, 7) is 6.30. The van der Waals surface area contributed by atoms with Crippen molar-refractivity contribution in [2.24, 2.45) is 0 Å². The van der Waals surface area contributed by atoms with E-state index in [-0.39, 0.29) is 11.6 Å². The zero-order valence-electron chi connectivity index (χ0n) is 25.9. The van der Waals surface area contributed by atoms with Crippen LogP contribution in [0, 0.1) is 0 Å². The molecule has 0 saturated carbocycles. The third-order valence-electron chi connectivity index (χ3n) is 7.96. The van der Waals surface area contributed by atoms with Crippen molar-refractivity contribution in [3.63, 3.8) is 0 Å². The molecule has 0 radical (unpaired) electrons. The zero-order valence-corrected chi connectivity index (χ0v) is 25.9. The summed E-state index contributed by atoms with van der Waals surface area (Å²) in [5.41, 5.74) is 1.67. The van der Waals surface area contributed by atoms with Crippen molar-refractivity contribution in [1.82, 2.24) is 0 Å². The number of Topliss-reactive ketones (excluding diaryl/α,β-unsaturated/α-hetero) is 2. The summed E-state index contributed by atoms with van der Waals surface area (Å²) in [4.78, 5) is 25.4. The topological polar surface area (TPSA) is 41.9 Å². The van der Waals surface area contributed by atoms with E-state index in [2.05, 4.69) is 35.4 Å². The van der Waals surface area contributed by atoms with Crippen LogP contribution < -0.4 is 9.13 Å². The van der Waals surface area contributed by atoms with E-state index in [1.807, 2.05) is 36.7 Å². The van der Waals surface area contributed by atoms with Gasteiger partial charge in [-0.3, -0.25) is 9.59 Å². The molecule has 0 fully saturated rings. The Morgan fingerprint density at radius 3 is 1.23 bits per heavy atom. The number of ketones is 2. The molecule has 0 bridgehead atoms. The minimum atomic E-state index is 0.268. The highest BCUT2D eigenvalue weighted by Crippen LogP contribution is 2.13. The van der Waals surface area contributed by atoms with Gasteiger partial charge in [-0.2, -0.15) is 0 Å². The minimum Gasteiger partial charge on any atom is -0.294 e. The largest absolute Gasteiger partial charge is 0.294 e. The van der Waals surface area contributed by atoms with Crippen molar-refractivity contribution in [2.75, 3.05) is 0 Å². The molecule has 2 heterocycles. The first-order valence-electron chi connectivity index (χ1n) is 16.7. The number of carbonyl (C=O) groups is 2. The van der Waals surface area contributed by atoms with Gasteiger partial charge in [-0.1, -0.05) is 104 Å². The summed E-state index contributed by atoms with van der Waals surface area (Å²) in [5, 5.41) is 0. The van der Waals surface area contributed by atoms with Crippen LogP contribution in [0.5, 0.6) is 0 Å². The highest BCUT2D eigenvalue weighted by molar-refractivity contribution is 5.95. The van der Waals surface area contributed by atoms with Gasteiger partial charge in [0.2, 0.25) is 0 Å².